The summed E-state index contributed by atoms with van der Waals surface area (Å²) in [7, 11) is 2.52. The Morgan fingerprint density at radius 2 is 1.71 bits per heavy atom. The molecule has 1 aliphatic rings. The van der Waals surface area contributed by atoms with Crippen molar-refractivity contribution >= 4 is 52.2 Å². The van der Waals surface area contributed by atoms with Crippen molar-refractivity contribution < 1.29 is 38.3 Å². The highest BCUT2D eigenvalue weighted by Gasteiger charge is 2.36. The van der Waals surface area contributed by atoms with E-state index in [1.54, 1.807) is 18.2 Å². The maximum Gasteiger partial charge on any atom is 0.338 e. The normalized spacial score (nSPS) is 13.7. The minimum absolute atomic E-state index is 0.0181. The molecule has 1 saturated heterocycles. The van der Waals surface area contributed by atoms with Crippen LogP contribution in [0.25, 0.3) is 6.08 Å². The summed E-state index contributed by atoms with van der Waals surface area (Å²) < 4.78 is 15.7. The van der Waals surface area contributed by atoms with Gasteiger partial charge in [-0.1, -0.05) is 23.8 Å². The fourth-order valence-electron chi connectivity index (χ4n) is 3.74. The van der Waals surface area contributed by atoms with Gasteiger partial charge < -0.3 is 19.5 Å². The first kappa shape index (κ1) is 28.8. The summed E-state index contributed by atoms with van der Waals surface area (Å²) in [5.74, 6) is -1.72. The molecular weight excluding hydrogens is 554 g/mol. The fraction of sp³-hybridized carbons (Fsp3) is 0.143. The molecule has 1 fully saturated rings. The lowest BCUT2D eigenvalue weighted by molar-refractivity contribution is -0.385. The summed E-state index contributed by atoms with van der Waals surface area (Å²) in [5, 5.41) is 13.6. The lowest BCUT2D eigenvalue weighted by atomic mass is 10.1. The maximum atomic E-state index is 12.9. The molecule has 0 radical (unpaired) electrons. The first-order chi connectivity index (χ1) is 19.6. The fourth-order valence-corrected chi connectivity index (χ4v) is 4.57. The lowest BCUT2D eigenvalue weighted by Gasteiger charge is -2.13. The molecule has 1 heterocycles. The summed E-state index contributed by atoms with van der Waals surface area (Å²) in [6.45, 7) is 1.46. The van der Waals surface area contributed by atoms with Gasteiger partial charge in [-0.2, -0.15) is 0 Å². The summed E-state index contributed by atoms with van der Waals surface area (Å²) in [5.41, 5.74) is 1.56. The summed E-state index contributed by atoms with van der Waals surface area (Å²) in [6.07, 6.45) is 1.46. The van der Waals surface area contributed by atoms with Crippen molar-refractivity contribution in [3.8, 4) is 17.2 Å². The van der Waals surface area contributed by atoms with Crippen LogP contribution in [0.15, 0.2) is 65.6 Å². The van der Waals surface area contributed by atoms with E-state index in [4.69, 9.17) is 9.47 Å². The van der Waals surface area contributed by atoms with Crippen LogP contribution in [0.2, 0.25) is 0 Å². The van der Waals surface area contributed by atoms with Crippen molar-refractivity contribution in [3.63, 3.8) is 0 Å². The van der Waals surface area contributed by atoms with Crippen LogP contribution < -0.4 is 14.8 Å². The van der Waals surface area contributed by atoms with Gasteiger partial charge >= 0.3 is 11.7 Å². The first-order valence-corrected chi connectivity index (χ1v) is 12.8. The second-order valence-corrected chi connectivity index (χ2v) is 9.62. The molecule has 0 atom stereocenters. The van der Waals surface area contributed by atoms with E-state index in [9.17, 15) is 29.3 Å². The third-order valence-electron chi connectivity index (χ3n) is 5.79. The van der Waals surface area contributed by atoms with Crippen molar-refractivity contribution in [2.24, 2.45) is 0 Å². The van der Waals surface area contributed by atoms with Crippen molar-refractivity contribution in [1.29, 1.82) is 0 Å². The molecule has 3 aromatic carbocycles. The number of nitro groups is 1. The number of nitro benzene ring substituents is 1. The van der Waals surface area contributed by atoms with E-state index in [-0.39, 0.29) is 27.7 Å². The molecule has 13 heteroatoms. The van der Waals surface area contributed by atoms with Crippen LogP contribution in [0.5, 0.6) is 17.2 Å². The van der Waals surface area contributed by atoms with Crippen molar-refractivity contribution in [1.82, 2.24) is 4.90 Å². The molecule has 3 amide bonds. The SMILES string of the molecule is COC(=O)c1ccc(Oc2ccc(/C=C3\SC(=O)N(CC(=O)Nc4ccc(C)cc4)C3=O)cc2OC)c([N+](=O)[O-])c1. The summed E-state index contributed by atoms with van der Waals surface area (Å²) in [6, 6.07) is 15.3. The Morgan fingerprint density at radius 3 is 2.37 bits per heavy atom. The van der Waals surface area contributed by atoms with E-state index < -0.39 is 40.2 Å². The highest BCUT2D eigenvalue weighted by atomic mass is 32.2. The number of ether oxygens (including phenoxy) is 3. The standard InChI is InChI=1S/C28H23N3O9S/c1-16-4-8-19(9-5-16)29-25(32)15-30-26(33)24(41-28(30)35)13-17-6-10-22(23(12-17)38-2)40-21-11-7-18(27(34)39-3)14-20(21)31(36)37/h4-14H,15H2,1-3H3,(H,29,32)/b24-13-. The molecule has 1 aliphatic heterocycles. The highest BCUT2D eigenvalue weighted by Crippen LogP contribution is 2.39. The van der Waals surface area contributed by atoms with E-state index in [1.165, 1.54) is 37.5 Å². The molecule has 0 aliphatic carbocycles. The number of nitrogens with zero attached hydrogens (tertiary/aromatic N) is 2. The first-order valence-electron chi connectivity index (χ1n) is 11.9. The van der Waals surface area contributed by atoms with Gasteiger partial charge in [0.15, 0.2) is 11.5 Å². The predicted molar refractivity (Wildman–Crippen MR) is 150 cm³/mol. The molecule has 0 bridgehead atoms. The molecule has 0 saturated carbocycles. The topological polar surface area (TPSA) is 154 Å². The number of anilines is 1. The number of aryl methyl sites for hydroxylation is 1. The van der Waals surface area contributed by atoms with Gasteiger partial charge in [0.2, 0.25) is 11.7 Å². The zero-order valence-corrected chi connectivity index (χ0v) is 22.9. The van der Waals surface area contributed by atoms with Crippen LogP contribution in [0, 0.1) is 17.0 Å². The van der Waals surface area contributed by atoms with E-state index >= 15 is 0 Å². The number of thioether (sulfide) groups is 1. The Balaban J connectivity index is 1.50. The number of methoxy groups -OCH3 is 2. The zero-order valence-electron chi connectivity index (χ0n) is 22.0. The van der Waals surface area contributed by atoms with Crippen LogP contribution in [0.1, 0.15) is 21.5 Å². The quantitative estimate of drug-likeness (QED) is 0.156. The monoisotopic (exact) mass is 577 g/mol. The number of amides is 3. The van der Waals surface area contributed by atoms with E-state index in [2.05, 4.69) is 10.1 Å². The Morgan fingerprint density at radius 1 is 1.00 bits per heavy atom. The van der Waals surface area contributed by atoms with Crippen LogP contribution in [0.3, 0.4) is 0 Å². The molecule has 12 nitrogen and oxygen atoms in total. The lowest BCUT2D eigenvalue weighted by Crippen LogP contribution is -2.36. The molecule has 1 N–H and O–H groups in total. The Labute approximate surface area is 238 Å². The maximum absolute atomic E-state index is 12.9. The van der Waals surface area contributed by atoms with E-state index in [0.717, 1.165) is 23.6 Å². The second-order valence-electron chi connectivity index (χ2n) is 8.63. The number of benzene rings is 3. The molecule has 41 heavy (non-hydrogen) atoms. The number of rotatable bonds is 9. The molecular formula is C28H23N3O9S. The average molecular weight is 578 g/mol. The predicted octanol–water partition coefficient (Wildman–Crippen LogP) is 5.17. The number of nitrogens with one attached hydrogen (secondary N) is 1. The average Bonchev–Trinajstić information content (AvgIpc) is 3.21. The molecule has 0 unspecified atom stereocenters. The highest BCUT2D eigenvalue weighted by molar-refractivity contribution is 8.18. The number of esters is 1. The molecule has 0 spiro atoms. The summed E-state index contributed by atoms with van der Waals surface area (Å²) >= 11 is 0.692. The van der Waals surface area contributed by atoms with Gasteiger partial charge in [0, 0.05) is 11.8 Å². The molecule has 4 rings (SSSR count). The van der Waals surface area contributed by atoms with Crippen LogP contribution in [-0.4, -0.2) is 53.6 Å². The number of hydrogen-bond acceptors (Lipinski definition) is 10. The van der Waals surface area contributed by atoms with Gasteiger partial charge in [-0.3, -0.25) is 29.4 Å². The second kappa shape index (κ2) is 12.3. The number of carbonyl (C=O) groups excluding carboxylic acids is 4. The van der Waals surface area contributed by atoms with Crippen LogP contribution in [0.4, 0.5) is 16.2 Å². The summed E-state index contributed by atoms with van der Waals surface area (Å²) in [4.78, 5) is 61.4. The minimum Gasteiger partial charge on any atom is -0.493 e. The number of imide groups is 1. The minimum atomic E-state index is -0.738. The largest absolute Gasteiger partial charge is 0.493 e. The Bertz CT molecular complexity index is 1590. The Hall–Kier alpha value is -5.17. The van der Waals surface area contributed by atoms with Crippen LogP contribution in [-0.2, 0) is 14.3 Å². The Kier molecular flexibility index (Phi) is 8.68. The zero-order chi connectivity index (χ0) is 29.7. The third-order valence-corrected chi connectivity index (χ3v) is 6.70. The van der Waals surface area contributed by atoms with Gasteiger partial charge in [0.25, 0.3) is 11.1 Å². The van der Waals surface area contributed by atoms with Crippen molar-refractivity contribution in [3.05, 3.63) is 92.4 Å². The number of hydrogen-bond donors (Lipinski definition) is 1. The van der Waals surface area contributed by atoms with Gasteiger partial charge in [0.1, 0.15) is 6.54 Å². The molecule has 3 aromatic rings. The number of carbonyl (C=O) groups is 4. The van der Waals surface area contributed by atoms with Crippen molar-refractivity contribution in [2.75, 3.05) is 26.1 Å². The van der Waals surface area contributed by atoms with E-state index in [1.807, 2.05) is 19.1 Å². The van der Waals surface area contributed by atoms with Gasteiger partial charge in [-0.15, -0.1) is 0 Å². The van der Waals surface area contributed by atoms with Gasteiger partial charge in [-0.25, -0.2) is 4.79 Å². The molecule has 210 valence electrons. The smallest absolute Gasteiger partial charge is 0.338 e. The molecule has 0 aromatic heterocycles. The van der Waals surface area contributed by atoms with Crippen LogP contribution >= 0.6 is 11.8 Å². The van der Waals surface area contributed by atoms with Crippen molar-refractivity contribution in [2.45, 2.75) is 6.92 Å². The van der Waals surface area contributed by atoms with Gasteiger partial charge in [0.05, 0.1) is 29.6 Å². The van der Waals surface area contributed by atoms with E-state index in [0.29, 0.717) is 23.0 Å². The third kappa shape index (κ3) is 6.70. The van der Waals surface area contributed by atoms with Gasteiger partial charge in [-0.05, 0) is 66.7 Å².